The van der Waals surface area contributed by atoms with Crippen molar-refractivity contribution in [1.82, 2.24) is 5.32 Å². The number of carbonyl (C=O) groups is 2. The Labute approximate surface area is 125 Å². The predicted molar refractivity (Wildman–Crippen MR) is 76.0 cm³/mol. The highest BCUT2D eigenvalue weighted by atomic mass is 35.5. The van der Waals surface area contributed by atoms with Crippen LogP contribution < -0.4 is 5.32 Å². The first-order valence-electron chi connectivity index (χ1n) is 6.03. The van der Waals surface area contributed by atoms with Crippen molar-refractivity contribution in [2.45, 2.75) is 6.54 Å². The topological polar surface area (TPSA) is 66.4 Å². The van der Waals surface area contributed by atoms with Gasteiger partial charge < -0.3 is 10.4 Å². The summed E-state index contributed by atoms with van der Waals surface area (Å²) in [6.07, 6.45) is 0. The number of amides is 1. The zero-order valence-corrected chi connectivity index (χ0v) is 11.5. The van der Waals surface area contributed by atoms with Crippen LogP contribution in [0.2, 0.25) is 5.02 Å². The molecular weight excluding hydrogens is 297 g/mol. The third-order valence-electron chi connectivity index (χ3n) is 2.82. The van der Waals surface area contributed by atoms with Crippen LogP contribution >= 0.6 is 11.6 Å². The fourth-order valence-corrected chi connectivity index (χ4v) is 1.98. The average Bonchev–Trinajstić information content (AvgIpc) is 2.48. The van der Waals surface area contributed by atoms with Crippen LogP contribution in [0, 0.1) is 5.82 Å². The van der Waals surface area contributed by atoms with Crippen LogP contribution in [0.1, 0.15) is 26.3 Å². The Morgan fingerprint density at radius 3 is 2.62 bits per heavy atom. The molecule has 2 N–H and O–H groups in total. The summed E-state index contributed by atoms with van der Waals surface area (Å²) in [4.78, 5) is 22.8. The molecule has 2 aromatic rings. The van der Waals surface area contributed by atoms with Crippen LogP contribution in [0.5, 0.6) is 0 Å². The van der Waals surface area contributed by atoms with E-state index in [0.29, 0.717) is 5.56 Å². The van der Waals surface area contributed by atoms with Gasteiger partial charge in [0.15, 0.2) is 0 Å². The van der Waals surface area contributed by atoms with E-state index in [2.05, 4.69) is 5.32 Å². The van der Waals surface area contributed by atoms with Crippen LogP contribution in [0.4, 0.5) is 4.39 Å². The van der Waals surface area contributed by atoms with E-state index in [0.717, 1.165) is 6.07 Å². The lowest BCUT2D eigenvalue weighted by molar-refractivity contribution is 0.0696. The first-order valence-corrected chi connectivity index (χ1v) is 6.41. The minimum Gasteiger partial charge on any atom is -0.478 e. The van der Waals surface area contributed by atoms with Gasteiger partial charge in [0.2, 0.25) is 0 Å². The van der Waals surface area contributed by atoms with E-state index in [4.69, 9.17) is 16.7 Å². The second kappa shape index (κ2) is 6.37. The zero-order chi connectivity index (χ0) is 15.4. The third-order valence-corrected chi connectivity index (χ3v) is 3.21. The molecule has 0 bridgehead atoms. The van der Waals surface area contributed by atoms with Crippen LogP contribution in [0.25, 0.3) is 0 Å². The Bertz CT molecular complexity index is 703. The number of rotatable bonds is 4. The molecule has 0 atom stereocenters. The van der Waals surface area contributed by atoms with Gasteiger partial charge in [-0.05, 0) is 29.8 Å². The molecule has 2 aromatic carbocycles. The molecule has 0 unspecified atom stereocenters. The molecule has 108 valence electrons. The molecule has 6 heteroatoms. The molecule has 4 nitrogen and oxygen atoms in total. The molecule has 0 saturated heterocycles. The minimum absolute atomic E-state index is 0.0334. The van der Waals surface area contributed by atoms with Gasteiger partial charge >= 0.3 is 5.97 Å². The highest BCUT2D eigenvalue weighted by molar-refractivity contribution is 6.34. The second-order valence-electron chi connectivity index (χ2n) is 4.29. The first-order chi connectivity index (χ1) is 9.99. The lowest BCUT2D eigenvalue weighted by atomic mass is 10.1. The van der Waals surface area contributed by atoms with Crippen molar-refractivity contribution >= 4 is 23.5 Å². The summed E-state index contributed by atoms with van der Waals surface area (Å²) in [5, 5.41) is 11.2. The molecule has 2 rings (SSSR count). The SMILES string of the molecule is O=C(O)c1cccc(CNC(=O)c2cccc(F)c2Cl)c1. The van der Waals surface area contributed by atoms with Gasteiger partial charge in [-0.2, -0.15) is 0 Å². The zero-order valence-electron chi connectivity index (χ0n) is 10.8. The lowest BCUT2D eigenvalue weighted by Crippen LogP contribution is -2.23. The van der Waals surface area contributed by atoms with Gasteiger partial charge in [0, 0.05) is 6.54 Å². The Balaban J connectivity index is 2.09. The Hall–Kier alpha value is -2.40. The van der Waals surface area contributed by atoms with Crippen molar-refractivity contribution in [2.75, 3.05) is 0 Å². The van der Waals surface area contributed by atoms with Crippen molar-refractivity contribution in [3.8, 4) is 0 Å². The Morgan fingerprint density at radius 2 is 1.90 bits per heavy atom. The highest BCUT2D eigenvalue weighted by Crippen LogP contribution is 2.19. The second-order valence-corrected chi connectivity index (χ2v) is 4.67. The van der Waals surface area contributed by atoms with E-state index < -0.39 is 17.7 Å². The summed E-state index contributed by atoms with van der Waals surface area (Å²) in [7, 11) is 0. The smallest absolute Gasteiger partial charge is 0.335 e. The Kier molecular flexibility index (Phi) is 4.55. The molecule has 0 aliphatic heterocycles. The molecule has 0 aliphatic rings. The van der Waals surface area contributed by atoms with Gasteiger partial charge in [-0.1, -0.05) is 29.8 Å². The van der Waals surface area contributed by atoms with E-state index in [-0.39, 0.29) is 22.7 Å². The number of aromatic carboxylic acids is 1. The van der Waals surface area contributed by atoms with Crippen molar-refractivity contribution < 1.29 is 19.1 Å². The summed E-state index contributed by atoms with van der Waals surface area (Å²) >= 11 is 5.72. The van der Waals surface area contributed by atoms with Crippen molar-refractivity contribution in [1.29, 1.82) is 0 Å². The number of benzene rings is 2. The van der Waals surface area contributed by atoms with Gasteiger partial charge in [-0.15, -0.1) is 0 Å². The first kappa shape index (κ1) is 15.0. The van der Waals surface area contributed by atoms with Gasteiger partial charge in [-0.3, -0.25) is 4.79 Å². The molecule has 0 aromatic heterocycles. The number of nitrogens with one attached hydrogen (secondary N) is 1. The Morgan fingerprint density at radius 1 is 1.19 bits per heavy atom. The number of hydrogen-bond acceptors (Lipinski definition) is 2. The van der Waals surface area contributed by atoms with E-state index in [1.807, 2.05) is 0 Å². The van der Waals surface area contributed by atoms with Gasteiger partial charge in [-0.25, -0.2) is 9.18 Å². The largest absolute Gasteiger partial charge is 0.478 e. The number of carboxylic acid groups (broad SMARTS) is 1. The van der Waals surface area contributed by atoms with Crippen molar-refractivity contribution in [3.05, 3.63) is 70.0 Å². The molecule has 0 heterocycles. The fourth-order valence-electron chi connectivity index (χ4n) is 1.77. The van der Waals surface area contributed by atoms with E-state index in [9.17, 15) is 14.0 Å². The van der Waals surface area contributed by atoms with Crippen molar-refractivity contribution in [2.24, 2.45) is 0 Å². The summed E-state index contributed by atoms with van der Waals surface area (Å²) in [5.41, 5.74) is 0.785. The number of carbonyl (C=O) groups excluding carboxylic acids is 1. The standard InChI is InChI=1S/C15H11ClFNO3/c16-13-11(5-2-6-12(13)17)14(19)18-8-9-3-1-4-10(7-9)15(20)21/h1-7H,8H2,(H,18,19)(H,20,21). The molecule has 0 spiro atoms. The maximum Gasteiger partial charge on any atom is 0.335 e. The fraction of sp³-hybridized carbons (Fsp3) is 0.0667. The summed E-state index contributed by atoms with van der Waals surface area (Å²) < 4.78 is 13.3. The lowest BCUT2D eigenvalue weighted by Gasteiger charge is -2.08. The molecule has 1 amide bonds. The number of hydrogen-bond donors (Lipinski definition) is 2. The molecule has 0 fully saturated rings. The maximum atomic E-state index is 13.3. The highest BCUT2D eigenvalue weighted by Gasteiger charge is 2.13. The van der Waals surface area contributed by atoms with E-state index >= 15 is 0 Å². The number of halogens is 2. The van der Waals surface area contributed by atoms with E-state index in [1.165, 1.54) is 24.3 Å². The third kappa shape index (κ3) is 3.58. The summed E-state index contributed by atoms with van der Waals surface area (Å²) in [6, 6.07) is 10.1. The van der Waals surface area contributed by atoms with Crippen LogP contribution in [-0.2, 0) is 6.54 Å². The van der Waals surface area contributed by atoms with Crippen molar-refractivity contribution in [3.63, 3.8) is 0 Å². The number of carboxylic acids is 1. The minimum atomic E-state index is -1.05. The average molecular weight is 308 g/mol. The summed E-state index contributed by atoms with van der Waals surface area (Å²) in [5.74, 6) is -2.24. The van der Waals surface area contributed by atoms with Gasteiger partial charge in [0.05, 0.1) is 16.1 Å². The monoisotopic (exact) mass is 307 g/mol. The molecule has 0 saturated carbocycles. The van der Waals surface area contributed by atoms with Gasteiger partial charge in [0.25, 0.3) is 5.91 Å². The van der Waals surface area contributed by atoms with Gasteiger partial charge in [0.1, 0.15) is 5.82 Å². The molecular formula is C15H11ClFNO3. The van der Waals surface area contributed by atoms with Crippen LogP contribution in [0.15, 0.2) is 42.5 Å². The van der Waals surface area contributed by atoms with E-state index in [1.54, 1.807) is 12.1 Å². The molecule has 0 aliphatic carbocycles. The predicted octanol–water partition coefficient (Wildman–Crippen LogP) is 3.11. The van der Waals surface area contributed by atoms with Crippen LogP contribution in [0.3, 0.4) is 0 Å². The summed E-state index contributed by atoms with van der Waals surface area (Å²) in [6.45, 7) is 0.118. The maximum absolute atomic E-state index is 13.3. The molecule has 0 radical (unpaired) electrons. The quantitative estimate of drug-likeness (QED) is 0.912. The van der Waals surface area contributed by atoms with Crippen LogP contribution in [-0.4, -0.2) is 17.0 Å². The normalized spacial score (nSPS) is 10.2. The molecule has 21 heavy (non-hydrogen) atoms.